The van der Waals surface area contributed by atoms with Crippen molar-refractivity contribution in [3.63, 3.8) is 0 Å². The molecule has 0 spiro atoms. The van der Waals surface area contributed by atoms with E-state index in [0.717, 1.165) is 0 Å². The van der Waals surface area contributed by atoms with Crippen molar-refractivity contribution in [2.75, 3.05) is 37.4 Å². The summed E-state index contributed by atoms with van der Waals surface area (Å²) < 4.78 is 0. The molecule has 0 bridgehead atoms. The number of aliphatic carboxylic acids is 2. The molecule has 1 rings (SSSR count). The fraction of sp³-hybridized carbons (Fsp3) is 0.725. The summed E-state index contributed by atoms with van der Waals surface area (Å²) in [5.41, 5.74) is 17.0. The van der Waals surface area contributed by atoms with Crippen LogP contribution < -0.4 is 54.4 Å². The lowest BCUT2D eigenvalue weighted by atomic mass is 9.99. The molecular weight excluding hydrogens is 905 g/mol. The maximum absolute atomic E-state index is 13.8. The number of carbonyl (C=O) groups is 10. The van der Waals surface area contributed by atoms with E-state index < -0.39 is 126 Å². The van der Waals surface area contributed by atoms with Gasteiger partial charge in [0.15, 0.2) is 5.96 Å². The van der Waals surface area contributed by atoms with E-state index in [9.17, 15) is 58.2 Å². The van der Waals surface area contributed by atoms with Gasteiger partial charge >= 0.3 is 11.9 Å². The third-order valence-electron chi connectivity index (χ3n) is 10.5. The minimum absolute atomic E-state index is 0.000287. The van der Waals surface area contributed by atoms with Crippen molar-refractivity contribution in [2.45, 2.75) is 134 Å². The van der Waals surface area contributed by atoms with Crippen molar-refractivity contribution in [3.8, 4) is 0 Å². The number of rotatable bonds is 30. The molecular formula is C40H70N12O12S2. The summed E-state index contributed by atoms with van der Waals surface area (Å²) in [6.07, 6.45) is 2.67. The summed E-state index contributed by atoms with van der Waals surface area (Å²) in [4.78, 5) is 135. The third-order valence-corrected chi connectivity index (χ3v) is 11.5. The molecule has 15 N–H and O–H groups in total. The van der Waals surface area contributed by atoms with Gasteiger partial charge in [-0.2, -0.15) is 24.4 Å². The fourth-order valence-electron chi connectivity index (χ4n) is 6.63. The lowest BCUT2D eigenvalue weighted by molar-refractivity contribution is -0.143. The summed E-state index contributed by atoms with van der Waals surface area (Å²) in [7, 11) is 0. The van der Waals surface area contributed by atoms with Gasteiger partial charge in [0.1, 0.15) is 42.3 Å². The van der Waals surface area contributed by atoms with Gasteiger partial charge in [-0.3, -0.25) is 48.1 Å². The molecule has 1 aliphatic heterocycles. The molecule has 0 unspecified atom stereocenters. The van der Waals surface area contributed by atoms with Crippen LogP contribution in [0.3, 0.4) is 0 Å². The minimum Gasteiger partial charge on any atom is -0.481 e. The predicted octanol–water partition coefficient (Wildman–Crippen LogP) is -3.26. The molecule has 0 aromatic carbocycles. The largest absolute Gasteiger partial charge is 0.481 e. The zero-order chi connectivity index (χ0) is 50.3. The first kappa shape index (κ1) is 58.6. The van der Waals surface area contributed by atoms with Crippen LogP contribution in [0.15, 0.2) is 4.99 Å². The summed E-state index contributed by atoms with van der Waals surface area (Å²) in [5.74, 6) is -9.58. The average Bonchev–Trinajstić information content (AvgIpc) is 3.75. The number of likely N-dealkylation sites (tertiary alicyclic amines) is 1. The van der Waals surface area contributed by atoms with Gasteiger partial charge in [0, 0.05) is 18.8 Å². The number of nitrogens with zero attached hydrogens (tertiary/aromatic N) is 2. The Kier molecular flexibility index (Phi) is 26.7. The number of carboxylic acids is 2. The quantitative estimate of drug-likeness (QED) is 0.0145. The zero-order valence-corrected chi connectivity index (χ0v) is 40.1. The van der Waals surface area contributed by atoms with Crippen LogP contribution in [0.2, 0.25) is 0 Å². The van der Waals surface area contributed by atoms with E-state index in [0.29, 0.717) is 31.4 Å². The van der Waals surface area contributed by atoms with Crippen molar-refractivity contribution in [3.05, 3.63) is 0 Å². The average molecular weight is 975 g/mol. The standard InChI is InChI=1S/C40H70N12O12S2/c1-7-21(4)31(39(63)64)51-36(60)27(19-65)50-32(56)22(5)46-29(53)18-45-33(57)25(16-20(2)3)48-35(59)26(17-30(54)55)49-34(58)24(10-8-13-44-40(42)43)47-37(61)28-11-9-14-52(28)38(62)23(41)12-15-66-6/h20-28,31,65H,7-19,41H2,1-6H3,(H,45,57)(H,46,53)(H,47,61)(H,48,59)(H,49,58)(H,50,56)(H,51,60)(H,54,55)(H,63,64)(H4,42,43,44)/t21-,22-,23-,24-,25-,26-,27-,28-,31-/m0/s1. The molecule has 0 aliphatic carbocycles. The molecule has 0 saturated carbocycles. The van der Waals surface area contributed by atoms with Gasteiger partial charge in [-0.15, -0.1) is 0 Å². The highest BCUT2D eigenvalue weighted by atomic mass is 32.2. The zero-order valence-electron chi connectivity index (χ0n) is 38.4. The molecule has 1 fully saturated rings. The monoisotopic (exact) mass is 974 g/mol. The number of hydrogen-bond acceptors (Lipinski definition) is 14. The third kappa shape index (κ3) is 20.9. The van der Waals surface area contributed by atoms with Gasteiger partial charge in [0.05, 0.1) is 19.0 Å². The fourth-order valence-corrected chi connectivity index (χ4v) is 7.38. The van der Waals surface area contributed by atoms with Gasteiger partial charge in [0.2, 0.25) is 47.3 Å². The van der Waals surface area contributed by atoms with Crippen LogP contribution in [0.25, 0.3) is 0 Å². The first-order valence-corrected chi connectivity index (χ1v) is 23.7. The van der Waals surface area contributed by atoms with Crippen molar-refractivity contribution in [1.82, 2.24) is 42.1 Å². The number of aliphatic imine (C=N–C) groups is 1. The lowest BCUT2D eigenvalue weighted by Crippen LogP contribution is -2.59. The van der Waals surface area contributed by atoms with Gasteiger partial charge in [-0.1, -0.05) is 34.1 Å². The van der Waals surface area contributed by atoms with Crippen molar-refractivity contribution in [2.24, 2.45) is 34.0 Å². The van der Waals surface area contributed by atoms with Crippen molar-refractivity contribution in [1.29, 1.82) is 0 Å². The number of thiol groups is 1. The smallest absolute Gasteiger partial charge is 0.326 e. The highest BCUT2D eigenvalue weighted by molar-refractivity contribution is 7.98. The van der Waals surface area contributed by atoms with Crippen LogP contribution in [0.5, 0.6) is 0 Å². The number of carbonyl (C=O) groups excluding carboxylic acids is 8. The van der Waals surface area contributed by atoms with E-state index >= 15 is 0 Å². The van der Waals surface area contributed by atoms with E-state index in [1.165, 1.54) is 23.6 Å². The summed E-state index contributed by atoms with van der Waals surface area (Å²) in [6.45, 7) is 7.80. The Bertz CT molecular complexity index is 1740. The Morgan fingerprint density at radius 2 is 1.41 bits per heavy atom. The van der Waals surface area contributed by atoms with Crippen LogP contribution in [-0.2, 0) is 47.9 Å². The summed E-state index contributed by atoms with van der Waals surface area (Å²) in [5, 5.41) is 36.2. The van der Waals surface area contributed by atoms with E-state index in [1.807, 2.05) is 6.26 Å². The Morgan fingerprint density at radius 1 is 0.803 bits per heavy atom. The Balaban J connectivity index is 3.11. The van der Waals surface area contributed by atoms with E-state index in [-0.39, 0.29) is 50.0 Å². The molecule has 1 aliphatic rings. The number of guanidine groups is 1. The van der Waals surface area contributed by atoms with Crippen molar-refractivity contribution >= 4 is 89.5 Å². The number of nitrogens with two attached hydrogens (primary N) is 3. The topological polar surface area (TPSA) is 389 Å². The number of nitrogens with one attached hydrogen (secondary N) is 7. The van der Waals surface area contributed by atoms with Gasteiger partial charge in [-0.25, -0.2) is 4.79 Å². The molecule has 0 aromatic rings. The molecule has 9 atom stereocenters. The number of amides is 8. The van der Waals surface area contributed by atoms with E-state index in [2.05, 4.69) is 54.8 Å². The second kappa shape index (κ2) is 30.0. The molecule has 8 amide bonds. The van der Waals surface area contributed by atoms with E-state index in [1.54, 1.807) is 27.7 Å². The van der Waals surface area contributed by atoms with E-state index in [4.69, 9.17) is 17.2 Å². The van der Waals surface area contributed by atoms with Crippen LogP contribution in [0.4, 0.5) is 0 Å². The Morgan fingerprint density at radius 3 is 1.97 bits per heavy atom. The lowest BCUT2D eigenvalue weighted by Gasteiger charge is -2.29. The molecule has 0 aromatic heterocycles. The van der Waals surface area contributed by atoms with Gasteiger partial charge < -0.3 is 69.5 Å². The van der Waals surface area contributed by atoms with Gasteiger partial charge in [-0.05, 0) is 69.3 Å². The maximum atomic E-state index is 13.8. The molecule has 0 radical (unpaired) electrons. The first-order valence-electron chi connectivity index (χ1n) is 21.7. The second-order valence-corrected chi connectivity index (χ2v) is 17.7. The molecule has 1 saturated heterocycles. The highest BCUT2D eigenvalue weighted by Crippen LogP contribution is 2.20. The van der Waals surface area contributed by atoms with Crippen molar-refractivity contribution < 1.29 is 58.2 Å². The Labute approximate surface area is 394 Å². The first-order chi connectivity index (χ1) is 31.0. The molecule has 66 heavy (non-hydrogen) atoms. The normalized spacial score (nSPS) is 17.0. The van der Waals surface area contributed by atoms with Gasteiger partial charge in [0.25, 0.3) is 0 Å². The SMILES string of the molecule is CC[C@H](C)[C@H](NC(=O)[C@H](CS)NC(=O)[C@H](C)NC(=O)CNC(=O)[C@H](CC(C)C)NC(=O)[C@H](CC(=O)O)NC(=O)[C@H](CCCN=C(N)N)NC(=O)[C@@H]1CCCN1C(=O)[C@@H](N)CCSC)C(=O)O. The molecule has 24 nitrogen and oxygen atoms in total. The number of carboxylic acid groups (broad SMARTS) is 2. The van der Waals surface area contributed by atoms with Crippen LogP contribution in [0.1, 0.15) is 86.0 Å². The number of hydrogen-bond donors (Lipinski definition) is 13. The number of thioether (sulfide) groups is 1. The molecule has 1 heterocycles. The Hall–Kier alpha value is -5.37. The van der Waals surface area contributed by atoms with Crippen LogP contribution in [-0.4, -0.2) is 166 Å². The predicted molar refractivity (Wildman–Crippen MR) is 249 cm³/mol. The summed E-state index contributed by atoms with van der Waals surface area (Å²) in [6, 6.07) is -9.94. The highest BCUT2D eigenvalue weighted by Gasteiger charge is 2.38. The van der Waals surface area contributed by atoms with Crippen LogP contribution >= 0.6 is 24.4 Å². The van der Waals surface area contributed by atoms with Crippen LogP contribution in [0, 0.1) is 11.8 Å². The molecule has 26 heteroatoms. The second-order valence-electron chi connectivity index (χ2n) is 16.4. The molecule has 374 valence electrons. The maximum Gasteiger partial charge on any atom is 0.326 e. The minimum atomic E-state index is -1.76. The summed E-state index contributed by atoms with van der Waals surface area (Å²) >= 11 is 5.60.